The van der Waals surface area contributed by atoms with Crippen LogP contribution in [-0.4, -0.2) is 20.9 Å². The van der Waals surface area contributed by atoms with E-state index in [1.54, 1.807) is 6.92 Å². The topological polar surface area (TPSA) is 107 Å². The van der Waals surface area contributed by atoms with Gasteiger partial charge in [0.15, 0.2) is 11.5 Å². The van der Waals surface area contributed by atoms with Gasteiger partial charge in [-0.3, -0.25) is 4.79 Å². The smallest absolute Gasteiger partial charge is 0.278 e. The average molecular weight is 295 g/mol. The molecule has 0 radical (unpaired) electrons. The molecule has 22 heavy (non-hydrogen) atoms. The Labute approximate surface area is 126 Å². The normalized spacial score (nSPS) is 10.4. The number of nitrogens with one attached hydrogen (secondary N) is 1. The molecule has 1 amide bonds. The number of nitrogen functional groups attached to an aromatic ring is 1. The van der Waals surface area contributed by atoms with Gasteiger partial charge in [-0.05, 0) is 19.1 Å². The van der Waals surface area contributed by atoms with Crippen LogP contribution in [0.5, 0.6) is 0 Å². The summed E-state index contributed by atoms with van der Waals surface area (Å²) >= 11 is 0. The molecule has 3 N–H and O–H groups in total. The van der Waals surface area contributed by atoms with E-state index in [0.29, 0.717) is 17.3 Å². The van der Waals surface area contributed by atoms with Gasteiger partial charge in [-0.2, -0.15) is 0 Å². The van der Waals surface area contributed by atoms with E-state index in [1.807, 2.05) is 30.3 Å². The molecule has 0 aliphatic carbocycles. The SMILES string of the molecule is Cc1oc(-c2ccccc2)nc1C(=O)Nc1cncnc1N. The number of oxazole rings is 1. The maximum atomic E-state index is 12.3. The summed E-state index contributed by atoms with van der Waals surface area (Å²) in [6, 6.07) is 9.35. The monoisotopic (exact) mass is 295 g/mol. The van der Waals surface area contributed by atoms with Crippen LogP contribution in [0.2, 0.25) is 0 Å². The van der Waals surface area contributed by atoms with Gasteiger partial charge in [0.2, 0.25) is 5.89 Å². The van der Waals surface area contributed by atoms with Crippen LogP contribution in [0, 0.1) is 6.92 Å². The molecule has 110 valence electrons. The van der Waals surface area contributed by atoms with Crippen LogP contribution in [0.25, 0.3) is 11.5 Å². The molecule has 7 nitrogen and oxygen atoms in total. The maximum Gasteiger partial charge on any atom is 0.278 e. The van der Waals surface area contributed by atoms with Crippen LogP contribution in [0.15, 0.2) is 47.3 Å². The standard InChI is InChI=1S/C15H13N5O2/c1-9-12(14(21)19-11-7-17-8-18-13(11)16)20-15(22-9)10-5-3-2-4-6-10/h2-8H,1H3,(H,19,21)(H2,16,17,18). The molecule has 0 atom stereocenters. The van der Waals surface area contributed by atoms with Crippen molar-refractivity contribution in [1.29, 1.82) is 0 Å². The molecule has 0 aliphatic heterocycles. The number of aryl methyl sites for hydroxylation is 1. The van der Waals surface area contributed by atoms with Crippen molar-refractivity contribution in [1.82, 2.24) is 15.0 Å². The van der Waals surface area contributed by atoms with Crippen molar-refractivity contribution >= 4 is 17.4 Å². The van der Waals surface area contributed by atoms with Gasteiger partial charge in [0.1, 0.15) is 17.8 Å². The Kier molecular flexibility index (Phi) is 3.53. The van der Waals surface area contributed by atoms with Crippen LogP contribution >= 0.6 is 0 Å². The highest BCUT2D eigenvalue weighted by atomic mass is 16.4. The largest absolute Gasteiger partial charge is 0.441 e. The molecular weight excluding hydrogens is 282 g/mol. The number of carbonyl (C=O) groups is 1. The minimum absolute atomic E-state index is 0.188. The van der Waals surface area contributed by atoms with Gasteiger partial charge in [-0.1, -0.05) is 18.2 Å². The molecule has 1 aromatic carbocycles. The highest BCUT2D eigenvalue weighted by Crippen LogP contribution is 2.22. The molecule has 0 saturated heterocycles. The first-order chi connectivity index (χ1) is 10.6. The highest BCUT2D eigenvalue weighted by Gasteiger charge is 2.19. The van der Waals surface area contributed by atoms with E-state index >= 15 is 0 Å². The zero-order valence-electron chi connectivity index (χ0n) is 11.8. The Morgan fingerprint density at radius 2 is 2.05 bits per heavy atom. The average Bonchev–Trinajstić information content (AvgIpc) is 2.92. The maximum absolute atomic E-state index is 12.3. The van der Waals surface area contributed by atoms with Gasteiger partial charge >= 0.3 is 0 Å². The van der Waals surface area contributed by atoms with Crippen LogP contribution in [0.1, 0.15) is 16.2 Å². The third-order valence-electron chi connectivity index (χ3n) is 3.02. The first-order valence-electron chi connectivity index (χ1n) is 6.55. The van der Waals surface area contributed by atoms with E-state index in [1.165, 1.54) is 12.5 Å². The van der Waals surface area contributed by atoms with Crippen LogP contribution in [-0.2, 0) is 0 Å². The number of hydrogen-bond donors (Lipinski definition) is 2. The molecule has 7 heteroatoms. The molecule has 2 heterocycles. The second kappa shape index (κ2) is 5.65. The Morgan fingerprint density at radius 3 is 2.77 bits per heavy atom. The lowest BCUT2D eigenvalue weighted by molar-refractivity contribution is 0.102. The molecule has 0 unspecified atom stereocenters. The summed E-state index contributed by atoms with van der Waals surface area (Å²) in [7, 11) is 0. The molecule has 0 bridgehead atoms. The molecule has 2 aromatic heterocycles. The van der Waals surface area contributed by atoms with Crippen molar-refractivity contribution in [3.63, 3.8) is 0 Å². The quantitative estimate of drug-likeness (QED) is 0.767. The Hall–Kier alpha value is -3.22. The summed E-state index contributed by atoms with van der Waals surface area (Å²) in [6.45, 7) is 1.68. The van der Waals surface area contributed by atoms with Gasteiger partial charge in [-0.25, -0.2) is 15.0 Å². The Morgan fingerprint density at radius 1 is 1.27 bits per heavy atom. The Balaban J connectivity index is 1.88. The van der Waals surface area contributed by atoms with Crippen LogP contribution in [0.4, 0.5) is 11.5 Å². The summed E-state index contributed by atoms with van der Waals surface area (Å²) < 4.78 is 5.56. The predicted octanol–water partition coefficient (Wildman–Crippen LogP) is 2.27. The number of rotatable bonds is 3. The minimum Gasteiger partial charge on any atom is -0.441 e. The summed E-state index contributed by atoms with van der Waals surface area (Å²) in [4.78, 5) is 24.2. The molecule has 0 saturated carbocycles. The molecule has 0 fully saturated rings. The van der Waals surface area contributed by atoms with E-state index in [-0.39, 0.29) is 11.5 Å². The number of benzene rings is 1. The minimum atomic E-state index is -0.426. The highest BCUT2D eigenvalue weighted by molar-refractivity contribution is 6.04. The summed E-state index contributed by atoms with van der Waals surface area (Å²) in [5.74, 6) is 0.574. The van der Waals surface area contributed by atoms with Crippen molar-refractivity contribution in [2.45, 2.75) is 6.92 Å². The zero-order valence-corrected chi connectivity index (χ0v) is 11.8. The summed E-state index contributed by atoms with van der Waals surface area (Å²) in [5, 5.41) is 2.62. The molecule has 3 rings (SSSR count). The first-order valence-corrected chi connectivity index (χ1v) is 6.55. The molecule has 0 spiro atoms. The number of aromatic nitrogens is 3. The van der Waals surface area contributed by atoms with E-state index in [4.69, 9.17) is 10.2 Å². The van der Waals surface area contributed by atoms with Crippen LogP contribution < -0.4 is 11.1 Å². The van der Waals surface area contributed by atoms with Crippen molar-refractivity contribution in [2.75, 3.05) is 11.1 Å². The summed E-state index contributed by atoms with van der Waals surface area (Å²) in [5.41, 5.74) is 7.00. The number of amides is 1. The predicted molar refractivity (Wildman–Crippen MR) is 81.1 cm³/mol. The fraction of sp³-hybridized carbons (Fsp3) is 0.0667. The number of anilines is 2. The van der Waals surface area contributed by atoms with Crippen molar-refractivity contribution in [2.24, 2.45) is 0 Å². The zero-order chi connectivity index (χ0) is 15.5. The second-order valence-electron chi connectivity index (χ2n) is 4.57. The summed E-state index contributed by atoms with van der Waals surface area (Å²) in [6.07, 6.45) is 2.73. The van der Waals surface area contributed by atoms with Gasteiger partial charge in [-0.15, -0.1) is 0 Å². The van der Waals surface area contributed by atoms with Gasteiger partial charge in [0.25, 0.3) is 5.91 Å². The van der Waals surface area contributed by atoms with Crippen LogP contribution in [0.3, 0.4) is 0 Å². The first kappa shape index (κ1) is 13.7. The third kappa shape index (κ3) is 2.64. The number of nitrogens with two attached hydrogens (primary N) is 1. The van der Waals surface area contributed by atoms with Gasteiger partial charge < -0.3 is 15.5 Å². The van der Waals surface area contributed by atoms with E-state index in [2.05, 4.69) is 20.3 Å². The van der Waals surface area contributed by atoms with Gasteiger partial charge in [0, 0.05) is 5.56 Å². The third-order valence-corrected chi connectivity index (χ3v) is 3.02. The van der Waals surface area contributed by atoms with E-state index in [0.717, 1.165) is 5.56 Å². The molecular formula is C15H13N5O2. The Bertz CT molecular complexity index is 814. The molecule has 0 aliphatic rings. The molecule has 3 aromatic rings. The van der Waals surface area contributed by atoms with Crippen molar-refractivity contribution in [3.05, 3.63) is 54.3 Å². The van der Waals surface area contributed by atoms with E-state index < -0.39 is 5.91 Å². The van der Waals surface area contributed by atoms with Crippen molar-refractivity contribution < 1.29 is 9.21 Å². The lowest BCUT2D eigenvalue weighted by Crippen LogP contribution is -2.15. The van der Waals surface area contributed by atoms with Gasteiger partial charge in [0.05, 0.1) is 6.20 Å². The second-order valence-corrected chi connectivity index (χ2v) is 4.57. The fourth-order valence-corrected chi connectivity index (χ4v) is 1.93. The van der Waals surface area contributed by atoms with E-state index in [9.17, 15) is 4.79 Å². The lowest BCUT2D eigenvalue weighted by Gasteiger charge is -2.04. The number of hydrogen-bond acceptors (Lipinski definition) is 6. The number of nitrogens with zero attached hydrogens (tertiary/aromatic N) is 3. The lowest BCUT2D eigenvalue weighted by atomic mass is 10.2. The van der Waals surface area contributed by atoms with Crippen molar-refractivity contribution in [3.8, 4) is 11.5 Å². The fourth-order valence-electron chi connectivity index (χ4n) is 1.93. The number of carbonyl (C=O) groups excluding carboxylic acids is 1.